The van der Waals surface area contributed by atoms with Crippen molar-refractivity contribution >= 4 is 5.69 Å². The summed E-state index contributed by atoms with van der Waals surface area (Å²) in [6.45, 7) is 0.749. The van der Waals surface area contributed by atoms with Gasteiger partial charge in [0.05, 0.1) is 13.7 Å². The summed E-state index contributed by atoms with van der Waals surface area (Å²) in [6, 6.07) is 24.2. The number of hydrogen-bond donors (Lipinski definition) is 2. The minimum Gasteiger partial charge on any atom is -0.496 e. The number of anilines is 1. The topological polar surface area (TPSA) is 41.5 Å². The van der Waals surface area contributed by atoms with Crippen molar-refractivity contribution in [3.63, 3.8) is 0 Å². The second kappa shape index (κ2) is 7.66. The molecule has 0 aliphatic heterocycles. The van der Waals surface area contributed by atoms with Crippen molar-refractivity contribution in [2.45, 2.75) is 13.2 Å². The highest BCUT2D eigenvalue weighted by atomic mass is 16.5. The van der Waals surface area contributed by atoms with Crippen molar-refractivity contribution in [2.75, 3.05) is 12.4 Å². The van der Waals surface area contributed by atoms with Crippen molar-refractivity contribution < 1.29 is 9.84 Å². The van der Waals surface area contributed by atoms with Gasteiger partial charge in [0, 0.05) is 23.4 Å². The van der Waals surface area contributed by atoms with Gasteiger partial charge in [0.25, 0.3) is 0 Å². The van der Waals surface area contributed by atoms with Crippen LogP contribution in [0.4, 0.5) is 5.69 Å². The van der Waals surface area contributed by atoms with Gasteiger partial charge in [0.2, 0.25) is 0 Å². The SMILES string of the molecule is COc1ccccc1-c1ccc(CNc2ccccc2CO)cc1. The number of hydrogen-bond acceptors (Lipinski definition) is 3. The summed E-state index contributed by atoms with van der Waals surface area (Å²) < 4.78 is 5.42. The minimum atomic E-state index is 0.0376. The predicted octanol–water partition coefficient (Wildman–Crippen LogP) is 4.47. The van der Waals surface area contributed by atoms with E-state index < -0.39 is 0 Å². The summed E-state index contributed by atoms with van der Waals surface area (Å²) in [4.78, 5) is 0. The van der Waals surface area contributed by atoms with E-state index in [1.165, 1.54) is 5.56 Å². The molecular weight excluding hydrogens is 298 g/mol. The summed E-state index contributed by atoms with van der Waals surface area (Å²) in [5, 5.41) is 12.8. The zero-order chi connectivity index (χ0) is 16.8. The molecule has 3 nitrogen and oxygen atoms in total. The maximum absolute atomic E-state index is 9.38. The maximum atomic E-state index is 9.38. The fraction of sp³-hybridized carbons (Fsp3) is 0.143. The number of aliphatic hydroxyl groups excluding tert-OH is 1. The molecule has 122 valence electrons. The van der Waals surface area contributed by atoms with E-state index in [4.69, 9.17) is 4.74 Å². The summed E-state index contributed by atoms with van der Waals surface area (Å²) >= 11 is 0. The second-order valence-electron chi connectivity index (χ2n) is 5.57. The molecule has 0 spiro atoms. The van der Waals surface area contributed by atoms with Gasteiger partial charge in [-0.3, -0.25) is 0 Å². The van der Waals surface area contributed by atoms with Crippen LogP contribution in [0.15, 0.2) is 72.8 Å². The third-order valence-electron chi connectivity index (χ3n) is 4.04. The van der Waals surface area contributed by atoms with Crippen LogP contribution in [0.1, 0.15) is 11.1 Å². The Kier molecular flexibility index (Phi) is 5.14. The molecule has 3 aromatic rings. The fourth-order valence-electron chi connectivity index (χ4n) is 2.71. The molecule has 0 aliphatic rings. The first-order valence-electron chi connectivity index (χ1n) is 7.97. The number of rotatable bonds is 6. The highest BCUT2D eigenvalue weighted by Gasteiger charge is 2.05. The summed E-state index contributed by atoms with van der Waals surface area (Å²) in [5.41, 5.74) is 5.27. The standard InChI is InChI=1S/C21H21NO2/c1-24-21-9-5-3-7-19(21)17-12-10-16(11-13-17)14-22-20-8-4-2-6-18(20)15-23/h2-13,22-23H,14-15H2,1H3. The molecule has 0 radical (unpaired) electrons. The zero-order valence-corrected chi connectivity index (χ0v) is 13.7. The Morgan fingerprint density at radius 1 is 0.875 bits per heavy atom. The van der Waals surface area contributed by atoms with Gasteiger partial charge in [-0.1, -0.05) is 60.7 Å². The van der Waals surface area contributed by atoms with Crippen LogP contribution in [0.5, 0.6) is 5.75 Å². The molecule has 2 N–H and O–H groups in total. The van der Waals surface area contributed by atoms with E-state index in [-0.39, 0.29) is 6.61 Å². The summed E-state index contributed by atoms with van der Waals surface area (Å²) in [6.07, 6.45) is 0. The lowest BCUT2D eigenvalue weighted by Crippen LogP contribution is -2.02. The number of ether oxygens (including phenoxy) is 1. The second-order valence-corrected chi connectivity index (χ2v) is 5.57. The molecule has 0 aliphatic carbocycles. The minimum absolute atomic E-state index is 0.0376. The summed E-state index contributed by atoms with van der Waals surface area (Å²) in [7, 11) is 1.69. The van der Waals surface area contributed by atoms with Crippen LogP contribution in [0.25, 0.3) is 11.1 Å². The average Bonchev–Trinajstić information content (AvgIpc) is 2.67. The van der Waals surface area contributed by atoms with Crippen LogP contribution in [0.3, 0.4) is 0 Å². The monoisotopic (exact) mass is 319 g/mol. The molecule has 0 heterocycles. The van der Waals surface area contributed by atoms with Gasteiger partial charge < -0.3 is 15.2 Å². The highest BCUT2D eigenvalue weighted by molar-refractivity contribution is 5.70. The van der Waals surface area contributed by atoms with E-state index in [1.54, 1.807) is 7.11 Å². The Morgan fingerprint density at radius 3 is 2.33 bits per heavy atom. The molecule has 0 saturated heterocycles. The van der Waals surface area contributed by atoms with Crippen molar-refractivity contribution in [3.05, 3.63) is 83.9 Å². The molecule has 3 aromatic carbocycles. The zero-order valence-electron chi connectivity index (χ0n) is 13.7. The van der Waals surface area contributed by atoms with Crippen LogP contribution in [0, 0.1) is 0 Å². The fourth-order valence-corrected chi connectivity index (χ4v) is 2.71. The molecule has 0 bridgehead atoms. The Labute approximate surface area is 142 Å². The quantitative estimate of drug-likeness (QED) is 0.704. The Bertz CT molecular complexity index is 797. The molecular formula is C21H21NO2. The number of aliphatic hydroxyl groups is 1. The number of methoxy groups -OCH3 is 1. The van der Waals surface area contributed by atoms with Crippen LogP contribution < -0.4 is 10.1 Å². The molecule has 24 heavy (non-hydrogen) atoms. The Hall–Kier alpha value is -2.78. The molecule has 3 rings (SSSR count). The van der Waals surface area contributed by atoms with Gasteiger partial charge in [-0.2, -0.15) is 0 Å². The van der Waals surface area contributed by atoms with Crippen LogP contribution in [-0.4, -0.2) is 12.2 Å². The molecule has 0 unspecified atom stereocenters. The predicted molar refractivity (Wildman–Crippen MR) is 98.1 cm³/mol. The van der Waals surface area contributed by atoms with Gasteiger partial charge in [-0.25, -0.2) is 0 Å². The Balaban J connectivity index is 1.73. The van der Waals surface area contributed by atoms with Crippen molar-refractivity contribution in [2.24, 2.45) is 0 Å². The number of nitrogens with one attached hydrogen (secondary N) is 1. The molecule has 0 atom stereocenters. The van der Waals surface area contributed by atoms with Crippen LogP contribution >= 0.6 is 0 Å². The largest absolute Gasteiger partial charge is 0.496 e. The molecule has 0 aromatic heterocycles. The van der Waals surface area contributed by atoms with E-state index in [0.29, 0.717) is 6.54 Å². The van der Waals surface area contributed by atoms with Crippen molar-refractivity contribution in [1.29, 1.82) is 0 Å². The van der Waals surface area contributed by atoms with E-state index in [9.17, 15) is 5.11 Å². The summed E-state index contributed by atoms with van der Waals surface area (Å²) in [5.74, 6) is 0.875. The molecule has 3 heteroatoms. The molecule has 0 fully saturated rings. The first-order chi connectivity index (χ1) is 11.8. The van der Waals surface area contributed by atoms with Crippen LogP contribution in [0.2, 0.25) is 0 Å². The van der Waals surface area contributed by atoms with Gasteiger partial charge in [0.15, 0.2) is 0 Å². The van der Waals surface area contributed by atoms with Gasteiger partial charge in [-0.15, -0.1) is 0 Å². The van der Waals surface area contributed by atoms with Crippen molar-refractivity contribution in [3.8, 4) is 16.9 Å². The van der Waals surface area contributed by atoms with Gasteiger partial charge in [0.1, 0.15) is 5.75 Å². The van der Waals surface area contributed by atoms with E-state index >= 15 is 0 Å². The lowest BCUT2D eigenvalue weighted by atomic mass is 10.0. The molecule has 0 saturated carbocycles. The average molecular weight is 319 g/mol. The van der Waals surface area contributed by atoms with Gasteiger partial charge in [-0.05, 0) is 23.3 Å². The number of benzene rings is 3. The van der Waals surface area contributed by atoms with E-state index in [1.807, 2.05) is 42.5 Å². The Morgan fingerprint density at radius 2 is 1.58 bits per heavy atom. The smallest absolute Gasteiger partial charge is 0.126 e. The number of para-hydroxylation sites is 2. The van der Waals surface area contributed by atoms with Gasteiger partial charge >= 0.3 is 0 Å². The van der Waals surface area contributed by atoms with Crippen LogP contribution in [-0.2, 0) is 13.2 Å². The van der Waals surface area contributed by atoms with E-state index in [0.717, 1.165) is 28.1 Å². The maximum Gasteiger partial charge on any atom is 0.126 e. The first-order valence-corrected chi connectivity index (χ1v) is 7.97. The third kappa shape index (κ3) is 3.58. The van der Waals surface area contributed by atoms with E-state index in [2.05, 4.69) is 35.6 Å². The lowest BCUT2D eigenvalue weighted by Gasteiger charge is -2.12. The third-order valence-corrected chi connectivity index (χ3v) is 4.04. The normalized spacial score (nSPS) is 10.4. The highest BCUT2D eigenvalue weighted by Crippen LogP contribution is 2.29. The molecule has 0 amide bonds. The van der Waals surface area contributed by atoms with Crippen molar-refractivity contribution in [1.82, 2.24) is 0 Å². The first kappa shape index (κ1) is 16.1. The lowest BCUT2D eigenvalue weighted by molar-refractivity contribution is 0.282.